The van der Waals surface area contributed by atoms with Gasteiger partial charge in [-0.3, -0.25) is 9.36 Å². The monoisotopic (exact) mass is 310 g/mol. The molecule has 0 aromatic carbocycles. The minimum absolute atomic E-state index is 0.199. The molecule has 2 aromatic heterocycles. The van der Waals surface area contributed by atoms with Gasteiger partial charge in [-0.15, -0.1) is 0 Å². The average Bonchev–Trinajstić information content (AvgIpc) is 3.10. The molecule has 0 aliphatic carbocycles. The van der Waals surface area contributed by atoms with E-state index in [1.165, 1.54) is 12.7 Å². The Hall–Kier alpha value is -1.84. The number of nitrogens with zero attached hydrogens (tertiary/aromatic N) is 3. The van der Waals surface area contributed by atoms with Gasteiger partial charge in [-0.25, -0.2) is 14.4 Å². The summed E-state index contributed by atoms with van der Waals surface area (Å²) >= 11 is 0. The fourth-order valence-electron chi connectivity index (χ4n) is 3.06. The number of H-pyrrole nitrogens is 1. The summed E-state index contributed by atoms with van der Waals surface area (Å²) in [7, 11) is 0. The van der Waals surface area contributed by atoms with Crippen LogP contribution in [-0.2, 0) is 14.2 Å². The summed E-state index contributed by atoms with van der Waals surface area (Å²) in [6, 6.07) is 0. The van der Waals surface area contributed by atoms with Gasteiger partial charge in [-0.2, -0.15) is 0 Å². The van der Waals surface area contributed by atoms with Crippen molar-refractivity contribution in [3.8, 4) is 0 Å². The fraction of sp³-hybridized carbons (Fsp3) is 0.615. The number of halogens is 1. The average molecular weight is 310 g/mol. The predicted octanol–water partition coefficient (Wildman–Crippen LogP) is 0.507. The van der Waals surface area contributed by atoms with Crippen LogP contribution in [0.3, 0.4) is 0 Å². The Kier molecular flexibility index (Phi) is 2.87. The van der Waals surface area contributed by atoms with Gasteiger partial charge < -0.3 is 19.2 Å². The maximum atomic E-state index is 13.2. The molecule has 8 nitrogen and oxygen atoms in total. The zero-order chi connectivity index (χ0) is 15.5. The summed E-state index contributed by atoms with van der Waals surface area (Å²) in [6.45, 7) is 2.86. The third-order valence-electron chi connectivity index (χ3n) is 3.92. The molecule has 0 saturated carbocycles. The highest BCUT2D eigenvalue weighted by molar-refractivity contribution is 5.68. The van der Waals surface area contributed by atoms with Crippen molar-refractivity contribution in [2.45, 2.75) is 44.2 Å². The van der Waals surface area contributed by atoms with Gasteiger partial charge in [0.1, 0.15) is 25.0 Å². The molecule has 4 atom stereocenters. The number of hydrogen-bond acceptors (Lipinski definition) is 6. The Morgan fingerprint density at radius 1 is 1.36 bits per heavy atom. The molecular formula is C13H15FN4O4. The first kappa shape index (κ1) is 13.8. The second kappa shape index (κ2) is 4.58. The van der Waals surface area contributed by atoms with E-state index in [0.717, 1.165) is 0 Å². The van der Waals surface area contributed by atoms with Crippen molar-refractivity contribution in [3.05, 3.63) is 23.0 Å². The lowest BCUT2D eigenvalue weighted by molar-refractivity contribution is -0.197. The first-order valence-corrected chi connectivity index (χ1v) is 6.97. The molecule has 22 heavy (non-hydrogen) atoms. The van der Waals surface area contributed by atoms with Crippen molar-refractivity contribution in [2.24, 2.45) is 0 Å². The second-order valence-corrected chi connectivity index (χ2v) is 5.84. The quantitative estimate of drug-likeness (QED) is 0.869. The SMILES string of the molecule is CC1(C)O[C@@H]2[C@H](O1)[C@@H](CF)O[C@H]2n1cnc2c(=O)[nH]cnc21. The van der Waals surface area contributed by atoms with Gasteiger partial charge in [-0.1, -0.05) is 0 Å². The van der Waals surface area contributed by atoms with E-state index >= 15 is 0 Å². The molecule has 2 aromatic rings. The Morgan fingerprint density at radius 2 is 2.14 bits per heavy atom. The number of fused-ring (bicyclic) bond motifs is 2. The third-order valence-corrected chi connectivity index (χ3v) is 3.92. The van der Waals surface area contributed by atoms with Crippen LogP contribution in [0.25, 0.3) is 11.2 Å². The van der Waals surface area contributed by atoms with Gasteiger partial charge in [0.25, 0.3) is 5.56 Å². The molecule has 2 aliphatic rings. The van der Waals surface area contributed by atoms with E-state index in [1.807, 2.05) is 0 Å². The van der Waals surface area contributed by atoms with E-state index < -0.39 is 37.0 Å². The highest BCUT2D eigenvalue weighted by Gasteiger charge is 2.56. The molecule has 0 unspecified atom stereocenters. The second-order valence-electron chi connectivity index (χ2n) is 5.84. The highest BCUT2D eigenvalue weighted by atomic mass is 19.1. The molecule has 0 amide bonds. The van der Waals surface area contributed by atoms with Crippen molar-refractivity contribution >= 4 is 11.2 Å². The molecule has 4 heterocycles. The lowest BCUT2D eigenvalue weighted by Crippen LogP contribution is -2.30. The molecule has 2 fully saturated rings. The van der Waals surface area contributed by atoms with Gasteiger partial charge in [0, 0.05) is 0 Å². The van der Waals surface area contributed by atoms with Gasteiger partial charge >= 0.3 is 0 Å². The number of imidazole rings is 1. The van der Waals surface area contributed by atoms with E-state index in [4.69, 9.17) is 14.2 Å². The summed E-state index contributed by atoms with van der Waals surface area (Å²) in [4.78, 5) is 22.4. The third kappa shape index (κ3) is 1.89. The lowest BCUT2D eigenvalue weighted by atomic mass is 10.1. The molecule has 0 spiro atoms. The lowest BCUT2D eigenvalue weighted by Gasteiger charge is -2.23. The van der Waals surface area contributed by atoms with Crippen LogP contribution in [0.1, 0.15) is 20.1 Å². The van der Waals surface area contributed by atoms with E-state index in [2.05, 4.69) is 15.0 Å². The summed E-state index contributed by atoms with van der Waals surface area (Å²) in [5, 5.41) is 0. The summed E-state index contributed by atoms with van der Waals surface area (Å²) < 4.78 is 32.1. The standard InChI is InChI=1S/C13H15FN4O4/c1-13(2)21-8-6(3-14)20-12(9(8)22-13)18-5-17-7-10(18)15-4-16-11(7)19/h4-6,8-9,12H,3H2,1-2H3,(H,15,16,19)/t6-,8-,9-,12-/m1/s1. The van der Waals surface area contributed by atoms with Crippen LogP contribution in [-0.4, -0.2) is 50.3 Å². The Labute approximate surface area is 124 Å². The van der Waals surface area contributed by atoms with Crippen LogP contribution in [0.4, 0.5) is 4.39 Å². The fourth-order valence-corrected chi connectivity index (χ4v) is 3.06. The number of aromatic nitrogens is 4. The highest BCUT2D eigenvalue weighted by Crippen LogP contribution is 2.43. The van der Waals surface area contributed by atoms with Crippen molar-refractivity contribution in [1.29, 1.82) is 0 Å². The first-order valence-electron chi connectivity index (χ1n) is 6.97. The van der Waals surface area contributed by atoms with E-state index in [0.29, 0.717) is 5.65 Å². The maximum Gasteiger partial charge on any atom is 0.278 e. The number of nitrogens with one attached hydrogen (secondary N) is 1. The molecule has 118 valence electrons. The molecule has 1 N–H and O–H groups in total. The van der Waals surface area contributed by atoms with Crippen molar-refractivity contribution in [1.82, 2.24) is 19.5 Å². The number of rotatable bonds is 2. The molecular weight excluding hydrogens is 295 g/mol. The van der Waals surface area contributed by atoms with Crippen LogP contribution in [0, 0.1) is 0 Å². The molecule has 2 aliphatic heterocycles. The first-order chi connectivity index (χ1) is 10.5. The summed E-state index contributed by atoms with van der Waals surface area (Å²) in [5.41, 5.74) is 0.217. The van der Waals surface area contributed by atoms with Crippen molar-refractivity contribution < 1.29 is 18.6 Å². The van der Waals surface area contributed by atoms with Crippen LogP contribution < -0.4 is 5.56 Å². The molecule has 0 radical (unpaired) electrons. The number of ether oxygens (including phenoxy) is 3. The van der Waals surface area contributed by atoms with Gasteiger partial charge in [-0.05, 0) is 13.8 Å². The van der Waals surface area contributed by atoms with E-state index in [1.54, 1.807) is 18.4 Å². The minimum Gasteiger partial charge on any atom is -0.346 e. The number of alkyl halides is 1. The minimum atomic E-state index is -0.813. The summed E-state index contributed by atoms with van der Waals surface area (Å²) in [5.74, 6) is -0.813. The zero-order valence-electron chi connectivity index (χ0n) is 12.0. The number of hydrogen-bond donors (Lipinski definition) is 1. The van der Waals surface area contributed by atoms with Crippen LogP contribution in [0.5, 0.6) is 0 Å². The Morgan fingerprint density at radius 3 is 2.91 bits per heavy atom. The smallest absolute Gasteiger partial charge is 0.278 e. The predicted molar refractivity (Wildman–Crippen MR) is 71.9 cm³/mol. The summed E-state index contributed by atoms with van der Waals surface area (Å²) in [6.07, 6.45) is 0.364. The molecule has 9 heteroatoms. The van der Waals surface area contributed by atoms with Crippen LogP contribution >= 0.6 is 0 Å². The molecule has 0 bridgehead atoms. The van der Waals surface area contributed by atoms with Gasteiger partial charge in [0.05, 0.1) is 12.7 Å². The Balaban J connectivity index is 1.78. The van der Waals surface area contributed by atoms with Gasteiger partial charge in [0.2, 0.25) is 0 Å². The van der Waals surface area contributed by atoms with E-state index in [-0.39, 0.29) is 11.1 Å². The molecule has 2 saturated heterocycles. The largest absolute Gasteiger partial charge is 0.346 e. The maximum absolute atomic E-state index is 13.2. The number of aromatic amines is 1. The van der Waals surface area contributed by atoms with Crippen molar-refractivity contribution in [3.63, 3.8) is 0 Å². The van der Waals surface area contributed by atoms with Crippen molar-refractivity contribution in [2.75, 3.05) is 6.67 Å². The zero-order valence-corrected chi connectivity index (χ0v) is 12.0. The normalized spacial score (nSPS) is 33.4. The Bertz CT molecular complexity index is 773. The molecule has 4 rings (SSSR count). The van der Waals surface area contributed by atoms with Crippen LogP contribution in [0.2, 0.25) is 0 Å². The van der Waals surface area contributed by atoms with Gasteiger partial charge in [0.15, 0.2) is 23.2 Å². The van der Waals surface area contributed by atoms with Crippen LogP contribution in [0.15, 0.2) is 17.4 Å². The topological polar surface area (TPSA) is 91.3 Å². The van der Waals surface area contributed by atoms with E-state index in [9.17, 15) is 9.18 Å².